The van der Waals surface area contributed by atoms with Gasteiger partial charge in [0.1, 0.15) is 10.6 Å². The summed E-state index contributed by atoms with van der Waals surface area (Å²) in [6.07, 6.45) is -5.62. The molecule has 0 aromatic heterocycles. The first kappa shape index (κ1) is 27.9. The predicted molar refractivity (Wildman–Crippen MR) is 127 cm³/mol. The first-order chi connectivity index (χ1) is 18.0. The lowest BCUT2D eigenvalue weighted by Crippen LogP contribution is -2.47. The number of amides is 1. The van der Waals surface area contributed by atoms with E-state index in [0.29, 0.717) is 6.92 Å². The molecule has 2 aromatic rings. The Morgan fingerprint density at radius 2 is 1.67 bits per heavy atom. The topological polar surface area (TPSA) is 54.5 Å². The number of nitrogens with zero attached hydrogens (tertiary/aromatic N) is 1. The van der Waals surface area contributed by atoms with E-state index in [1.165, 1.54) is 6.07 Å². The second-order valence-electron chi connectivity index (χ2n) is 10.9. The van der Waals surface area contributed by atoms with Gasteiger partial charge in [0, 0.05) is 18.9 Å². The van der Waals surface area contributed by atoms with Gasteiger partial charge in [-0.3, -0.25) is 4.79 Å². The molecule has 1 aliphatic heterocycles. The van der Waals surface area contributed by atoms with Gasteiger partial charge in [0.15, 0.2) is 9.84 Å². The minimum absolute atomic E-state index is 0.0521. The van der Waals surface area contributed by atoms with Crippen LogP contribution < -0.4 is 0 Å². The highest BCUT2D eigenvalue weighted by molar-refractivity contribution is 7.92. The second-order valence-corrected chi connectivity index (χ2v) is 13.1. The zero-order valence-electron chi connectivity index (χ0n) is 20.9. The van der Waals surface area contributed by atoms with Crippen LogP contribution in [0.5, 0.6) is 0 Å². The first-order valence-electron chi connectivity index (χ1n) is 12.6. The molecule has 1 amide bonds. The lowest BCUT2D eigenvalue weighted by Gasteiger charge is -2.43. The molecule has 39 heavy (non-hydrogen) atoms. The van der Waals surface area contributed by atoms with Crippen LogP contribution in [0.2, 0.25) is 0 Å². The molecule has 1 saturated heterocycles. The molecule has 1 unspecified atom stereocenters. The number of hydrogen-bond donors (Lipinski definition) is 0. The molecule has 3 aliphatic rings. The minimum Gasteiger partial charge on any atom is -0.336 e. The molecular formula is C27H26F7NO3S. The summed E-state index contributed by atoms with van der Waals surface area (Å²) in [5.41, 5.74) is -3.99. The summed E-state index contributed by atoms with van der Waals surface area (Å²) >= 11 is 0. The van der Waals surface area contributed by atoms with Crippen LogP contribution in [-0.4, -0.2) is 44.4 Å². The van der Waals surface area contributed by atoms with E-state index in [0.717, 1.165) is 41.3 Å². The number of rotatable bonds is 4. The van der Waals surface area contributed by atoms with Crippen molar-refractivity contribution in [3.63, 3.8) is 0 Å². The SMILES string of the molecule is CC(F)(c1ccc2c(c1)CC[C@H]1[C@H](C(=O)N3CCC(F)(F)C3)CC[C@@]21S(=O)(=O)c1ccc(F)cc1)C(F)(F)F. The number of alkyl halides is 6. The van der Waals surface area contributed by atoms with Crippen molar-refractivity contribution in [2.75, 3.05) is 13.1 Å². The quantitative estimate of drug-likeness (QED) is 0.327. The first-order valence-corrected chi connectivity index (χ1v) is 14.1. The predicted octanol–water partition coefficient (Wildman–Crippen LogP) is 6.08. The van der Waals surface area contributed by atoms with E-state index >= 15 is 0 Å². The number of halogens is 7. The fraction of sp³-hybridized carbons (Fsp3) is 0.519. The number of aryl methyl sites for hydroxylation is 1. The normalized spacial score (nSPS) is 28.1. The monoisotopic (exact) mass is 577 g/mol. The van der Waals surface area contributed by atoms with Crippen molar-refractivity contribution in [2.24, 2.45) is 11.8 Å². The molecule has 0 bridgehead atoms. The Kier molecular flexibility index (Phi) is 6.40. The van der Waals surface area contributed by atoms with Gasteiger partial charge in [0.05, 0.1) is 11.4 Å². The number of hydrogen-bond acceptors (Lipinski definition) is 3. The van der Waals surface area contributed by atoms with Gasteiger partial charge in [-0.1, -0.05) is 18.2 Å². The zero-order valence-corrected chi connectivity index (χ0v) is 21.7. The molecule has 12 heteroatoms. The average Bonchev–Trinajstić information content (AvgIpc) is 3.44. The number of carbonyl (C=O) groups excluding carboxylic acids is 1. The van der Waals surface area contributed by atoms with Crippen molar-refractivity contribution < 1.29 is 43.9 Å². The highest BCUT2D eigenvalue weighted by atomic mass is 32.2. The largest absolute Gasteiger partial charge is 0.426 e. The van der Waals surface area contributed by atoms with E-state index in [1.54, 1.807) is 0 Å². The van der Waals surface area contributed by atoms with Crippen LogP contribution in [0.3, 0.4) is 0 Å². The summed E-state index contributed by atoms with van der Waals surface area (Å²) in [5.74, 6) is -6.09. The van der Waals surface area contributed by atoms with Crippen molar-refractivity contribution in [2.45, 2.75) is 66.4 Å². The highest BCUT2D eigenvalue weighted by Crippen LogP contribution is 2.60. The van der Waals surface area contributed by atoms with E-state index in [1.807, 2.05) is 0 Å². The number of carbonyl (C=O) groups is 1. The Morgan fingerprint density at radius 1 is 1.00 bits per heavy atom. The van der Waals surface area contributed by atoms with Crippen molar-refractivity contribution in [1.82, 2.24) is 4.90 Å². The summed E-state index contributed by atoms with van der Waals surface area (Å²) < 4.78 is 123. The molecule has 0 radical (unpaired) electrons. The molecule has 0 N–H and O–H groups in total. The number of fused-ring (bicyclic) bond motifs is 3. The van der Waals surface area contributed by atoms with Crippen molar-refractivity contribution >= 4 is 15.7 Å². The Labute approximate surface area is 221 Å². The maximum absolute atomic E-state index is 14.8. The van der Waals surface area contributed by atoms with Crippen molar-refractivity contribution in [1.29, 1.82) is 0 Å². The van der Waals surface area contributed by atoms with Gasteiger partial charge in [0.2, 0.25) is 11.6 Å². The molecule has 4 nitrogen and oxygen atoms in total. The van der Waals surface area contributed by atoms with Crippen LogP contribution in [0, 0.1) is 17.7 Å². The summed E-state index contributed by atoms with van der Waals surface area (Å²) in [6.45, 7) is -0.542. The van der Waals surface area contributed by atoms with E-state index < -0.39 is 74.4 Å². The number of likely N-dealkylation sites (tertiary alicyclic amines) is 1. The summed E-state index contributed by atoms with van der Waals surface area (Å²) in [5, 5.41) is 0. The van der Waals surface area contributed by atoms with Crippen LogP contribution in [-0.2, 0) is 31.5 Å². The average molecular weight is 578 g/mol. The maximum Gasteiger partial charge on any atom is 0.426 e. The molecular weight excluding hydrogens is 551 g/mol. The van der Waals surface area contributed by atoms with Gasteiger partial charge in [-0.05, 0) is 79.5 Å². The highest BCUT2D eigenvalue weighted by Gasteiger charge is 2.63. The van der Waals surface area contributed by atoms with E-state index in [-0.39, 0.29) is 48.3 Å². The van der Waals surface area contributed by atoms with Crippen molar-refractivity contribution in [3.8, 4) is 0 Å². The van der Waals surface area contributed by atoms with Crippen LogP contribution in [0.1, 0.15) is 49.3 Å². The molecule has 0 spiro atoms. The number of benzene rings is 2. The summed E-state index contributed by atoms with van der Waals surface area (Å²) in [4.78, 5) is 14.2. The molecule has 1 heterocycles. The summed E-state index contributed by atoms with van der Waals surface area (Å²) in [7, 11) is -4.38. The van der Waals surface area contributed by atoms with E-state index in [4.69, 9.17) is 0 Å². The lowest BCUT2D eigenvalue weighted by molar-refractivity contribution is -0.228. The molecule has 5 rings (SSSR count). The van der Waals surface area contributed by atoms with Gasteiger partial charge in [-0.15, -0.1) is 0 Å². The molecule has 1 saturated carbocycles. The Balaban J connectivity index is 1.64. The Morgan fingerprint density at radius 3 is 2.26 bits per heavy atom. The van der Waals surface area contributed by atoms with Gasteiger partial charge in [-0.2, -0.15) is 13.2 Å². The number of sulfone groups is 1. The molecule has 2 fully saturated rings. The van der Waals surface area contributed by atoms with E-state index in [9.17, 15) is 43.9 Å². The Hall–Kier alpha value is -2.63. The van der Waals surface area contributed by atoms with Gasteiger partial charge < -0.3 is 4.90 Å². The lowest BCUT2D eigenvalue weighted by atomic mass is 9.72. The van der Waals surface area contributed by atoms with Gasteiger partial charge in [0.25, 0.3) is 5.92 Å². The van der Waals surface area contributed by atoms with Crippen LogP contribution >= 0.6 is 0 Å². The standard InChI is InChI=1S/C27H26F7NO3S/c1-24(29,27(32,33)34)17-3-9-21-16(14-17)2-8-22-20(23(36)35-13-12-25(30,31)15-35)10-11-26(21,22)39(37,38)19-6-4-18(28)5-7-19/h3-7,9,14,20,22H,2,8,10-13,15H2,1H3/t20-,22+,24?,26-/m1/s1. The third-order valence-electron chi connectivity index (χ3n) is 8.67. The third-order valence-corrected chi connectivity index (χ3v) is 11.3. The van der Waals surface area contributed by atoms with Gasteiger partial charge >= 0.3 is 6.18 Å². The maximum atomic E-state index is 14.8. The van der Waals surface area contributed by atoms with Crippen LogP contribution in [0.15, 0.2) is 47.4 Å². The third kappa shape index (κ3) is 4.24. The Bertz CT molecular complexity index is 1410. The zero-order chi connectivity index (χ0) is 28.6. The second kappa shape index (κ2) is 8.94. The van der Waals surface area contributed by atoms with Crippen LogP contribution in [0.25, 0.3) is 0 Å². The molecule has 212 valence electrons. The molecule has 4 atom stereocenters. The summed E-state index contributed by atoms with van der Waals surface area (Å²) in [6, 6.07) is 7.21. The fourth-order valence-corrected chi connectivity index (χ4v) is 9.06. The van der Waals surface area contributed by atoms with Gasteiger partial charge in [-0.25, -0.2) is 26.0 Å². The molecule has 2 aromatic carbocycles. The van der Waals surface area contributed by atoms with Crippen LogP contribution in [0.4, 0.5) is 30.7 Å². The smallest absolute Gasteiger partial charge is 0.336 e. The van der Waals surface area contributed by atoms with Crippen molar-refractivity contribution in [3.05, 3.63) is 65.0 Å². The fourth-order valence-electron chi connectivity index (χ4n) is 6.59. The minimum atomic E-state index is -5.21. The van der Waals surface area contributed by atoms with E-state index in [2.05, 4.69) is 0 Å². The molecule has 2 aliphatic carbocycles.